The molecule has 1 atom stereocenters. The second-order valence-electron chi connectivity index (χ2n) is 4.91. The minimum absolute atomic E-state index is 0.451. The molecule has 2 N–H and O–H groups in total. The fourth-order valence-electron chi connectivity index (χ4n) is 1.99. The Morgan fingerprint density at radius 1 is 1.11 bits per heavy atom. The summed E-state index contributed by atoms with van der Waals surface area (Å²) in [5.41, 5.74) is 0.921. The molecule has 3 nitrogen and oxygen atoms in total. The minimum atomic E-state index is -0.451. The number of likely N-dealkylation sites (N-methyl/N-ethyl adjacent to an activating group) is 1. The van der Waals surface area contributed by atoms with Crippen LogP contribution in [0.15, 0.2) is 24.3 Å². The Labute approximate surface area is 117 Å². The highest BCUT2D eigenvalue weighted by atomic mass is 16.5. The van der Waals surface area contributed by atoms with Crippen molar-refractivity contribution in [3.63, 3.8) is 0 Å². The van der Waals surface area contributed by atoms with Crippen molar-refractivity contribution in [2.45, 2.75) is 45.1 Å². The highest BCUT2D eigenvalue weighted by Gasteiger charge is 2.05. The topological polar surface area (TPSA) is 41.5 Å². The van der Waals surface area contributed by atoms with Gasteiger partial charge in [0, 0.05) is 6.54 Å². The SMILES string of the molecule is CCCCCCCOc1ccc(C(O)CNC)cc1. The van der Waals surface area contributed by atoms with Crippen molar-refractivity contribution in [1.82, 2.24) is 5.32 Å². The van der Waals surface area contributed by atoms with E-state index in [1.54, 1.807) is 0 Å². The summed E-state index contributed by atoms with van der Waals surface area (Å²) in [6, 6.07) is 7.71. The van der Waals surface area contributed by atoms with Gasteiger partial charge in [-0.2, -0.15) is 0 Å². The summed E-state index contributed by atoms with van der Waals surface area (Å²) in [6.45, 7) is 3.57. The van der Waals surface area contributed by atoms with Gasteiger partial charge in [-0.05, 0) is 31.2 Å². The smallest absolute Gasteiger partial charge is 0.119 e. The second-order valence-corrected chi connectivity index (χ2v) is 4.91. The number of aliphatic hydroxyl groups excluding tert-OH is 1. The highest BCUT2D eigenvalue weighted by Crippen LogP contribution is 2.17. The molecule has 0 aliphatic heterocycles. The standard InChI is InChI=1S/C16H27NO2/c1-3-4-5-6-7-12-19-15-10-8-14(9-11-15)16(18)13-17-2/h8-11,16-18H,3-7,12-13H2,1-2H3. The Morgan fingerprint density at radius 2 is 1.79 bits per heavy atom. The van der Waals surface area contributed by atoms with Crippen molar-refractivity contribution in [1.29, 1.82) is 0 Å². The summed E-state index contributed by atoms with van der Waals surface area (Å²) >= 11 is 0. The van der Waals surface area contributed by atoms with Gasteiger partial charge in [0.05, 0.1) is 12.7 Å². The fourth-order valence-corrected chi connectivity index (χ4v) is 1.99. The van der Waals surface area contributed by atoms with E-state index in [1.165, 1.54) is 25.7 Å². The van der Waals surface area contributed by atoms with Crippen LogP contribution in [0.2, 0.25) is 0 Å². The van der Waals surface area contributed by atoms with Crippen LogP contribution in [0.4, 0.5) is 0 Å². The first kappa shape index (κ1) is 16.0. The molecule has 0 radical (unpaired) electrons. The summed E-state index contributed by atoms with van der Waals surface area (Å²) in [5.74, 6) is 0.885. The number of unbranched alkanes of at least 4 members (excludes halogenated alkanes) is 4. The van der Waals surface area contributed by atoms with E-state index in [-0.39, 0.29) is 0 Å². The number of nitrogens with one attached hydrogen (secondary N) is 1. The first-order chi connectivity index (χ1) is 9.27. The van der Waals surface area contributed by atoms with Gasteiger partial charge in [0.1, 0.15) is 5.75 Å². The van der Waals surface area contributed by atoms with E-state index < -0.39 is 6.10 Å². The lowest BCUT2D eigenvalue weighted by Crippen LogP contribution is -2.16. The van der Waals surface area contributed by atoms with Crippen LogP contribution in [0.3, 0.4) is 0 Å². The fraction of sp³-hybridized carbons (Fsp3) is 0.625. The number of hydrogen-bond acceptors (Lipinski definition) is 3. The summed E-state index contributed by atoms with van der Waals surface area (Å²) < 4.78 is 5.68. The Balaban J connectivity index is 2.24. The molecule has 1 aromatic rings. The largest absolute Gasteiger partial charge is 0.494 e. The summed E-state index contributed by atoms with van der Waals surface area (Å²) in [5, 5.41) is 12.8. The Kier molecular flexibility index (Phi) is 8.26. The van der Waals surface area contributed by atoms with Gasteiger partial charge >= 0.3 is 0 Å². The first-order valence-corrected chi connectivity index (χ1v) is 7.33. The Bertz CT molecular complexity index is 324. The zero-order chi connectivity index (χ0) is 13.9. The summed E-state index contributed by atoms with van der Waals surface area (Å²) in [4.78, 5) is 0. The maximum atomic E-state index is 9.80. The average molecular weight is 265 g/mol. The molecule has 0 aliphatic carbocycles. The van der Waals surface area contributed by atoms with Crippen LogP contribution in [0.5, 0.6) is 5.75 Å². The van der Waals surface area contributed by atoms with E-state index in [0.29, 0.717) is 6.54 Å². The zero-order valence-corrected chi connectivity index (χ0v) is 12.2. The van der Waals surface area contributed by atoms with E-state index in [4.69, 9.17) is 4.74 Å². The van der Waals surface area contributed by atoms with Crippen molar-refractivity contribution in [2.75, 3.05) is 20.2 Å². The van der Waals surface area contributed by atoms with Gasteiger partial charge in [-0.3, -0.25) is 0 Å². The summed E-state index contributed by atoms with van der Waals surface area (Å²) in [6.07, 6.45) is 5.80. The van der Waals surface area contributed by atoms with E-state index in [1.807, 2.05) is 31.3 Å². The molecule has 0 fully saturated rings. The number of hydrogen-bond donors (Lipinski definition) is 2. The zero-order valence-electron chi connectivity index (χ0n) is 12.2. The second kappa shape index (κ2) is 9.82. The molecule has 0 aromatic heterocycles. The number of rotatable bonds is 10. The Hall–Kier alpha value is -1.06. The van der Waals surface area contributed by atoms with Crippen molar-refractivity contribution in [3.05, 3.63) is 29.8 Å². The molecule has 0 bridgehead atoms. The maximum Gasteiger partial charge on any atom is 0.119 e. The van der Waals surface area contributed by atoms with Crippen LogP contribution in [-0.4, -0.2) is 25.3 Å². The van der Waals surface area contributed by atoms with Gasteiger partial charge < -0.3 is 15.2 Å². The van der Waals surface area contributed by atoms with E-state index in [2.05, 4.69) is 12.2 Å². The summed E-state index contributed by atoms with van der Waals surface area (Å²) in [7, 11) is 1.83. The quantitative estimate of drug-likeness (QED) is 0.638. The third-order valence-electron chi connectivity index (χ3n) is 3.18. The number of benzene rings is 1. The van der Waals surface area contributed by atoms with Crippen LogP contribution in [0.1, 0.15) is 50.7 Å². The molecular weight excluding hydrogens is 238 g/mol. The third kappa shape index (κ3) is 6.60. The predicted octanol–water partition coefficient (Wildman–Crippen LogP) is 3.29. The molecule has 0 aliphatic rings. The van der Waals surface area contributed by atoms with Gasteiger partial charge in [0.15, 0.2) is 0 Å². The van der Waals surface area contributed by atoms with Crippen molar-refractivity contribution in [3.8, 4) is 5.75 Å². The molecule has 3 heteroatoms. The third-order valence-corrected chi connectivity index (χ3v) is 3.18. The first-order valence-electron chi connectivity index (χ1n) is 7.33. The molecule has 19 heavy (non-hydrogen) atoms. The van der Waals surface area contributed by atoms with Crippen LogP contribution >= 0.6 is 0 Å². The highest BCUT2D eigenvalue weighted by molar-refractivity contribution is 5.28. The minimum Gasteiger partial charge on any atom is -0.494 e. The molecule has 0 heterocycles. The van der Waals surface area contributed by atoms with E-state index in [9.17, 15) is 5.11 Å². The monoisotopic (exact) mass is 265 g/mol. The van der Waals surface area contributed by atoms with E-state index >= 15 is 0 Å². The number of ether oxygens (including phenoxy) is 1. The molecule has 1 unspecified atom stereocenters. The van der Waals surface area contributed by atoms with Crippen LogP contribution in [-0.2, 0) is 0 Å². The van der Waals surface area contributed by atoms with E-state index in [0.717, 1.165) is 24.3 Å². The lowest BCUT2D eigenvalue weighted by atomic mass is 10.1. The molecule has 0 saturated carbocycles. The molecular formula is C16H27NO2. The molecule has 0 saturated heterocycles. The molecule has 108 valence electrons. The maximum absolute atomic E-state index is 9.80. The van der Waals surface area contributed by atoms with Gasteiger partial charge in [0.25, 0.3) is 0 Å². The molecule has 0 spiro atoms. The van der Waals surface area contributed by atoms with Crippen molar-refractivity contribution < 1.29 is 9.84 Å². The number of aliphatic hydroxyl groups is 1. The molecule has 1 aromatic carbocycles. The van der Waals surface area contributed by atoms with Crippen LogP contribution in [0, 0.1) is 0 Å². The Morgan fingerprint density at radius 3 is 2.42 bits per heavy atom. The van der Waals surface area contributed by atoms with Crippen molar-refractivity contribution >= 4 is 0 Å². The lowest BCUT2D eigenvalue weighted by Gasteiger charge is -2.11. The van der Waals surface area contributed by atoms with Gasteiger partial charge in [-0.1, -0.05) is 44.7 Å². The van der Waals surface area contributed by atoms with Crippen LogP contribution in [0.25, 0.3) is 0 Å². The van der Waals surface area contributed by atoms with Crippen molar-refractivity contribution in [2.24, 2.45) is 0 Å². The van der Waals surface area contributed by atoms with Gasteiger partial charge in [0.2, 0.25) is 0 Å². The average Bonchev–Trinajstić information content (AvgIpc) is 2.43. The van der Waals surface area contributed by atoms with Gasteiger partial charge in [-0.25, -0.2) is 0 Å². The van der Waals surface area contributed by atoms with Gasteiger partial charge in [-0.15, -0.1) is 0 Å². The lowest BCUT2D eigenvalue weighted by molar-refractivity contribution is 0.177. The molecule has 0 amide bonds. The van der Waals surface area contributed by atoms with Crippen LogP contribution < -0.4 is 10.1 Å². The molecule has 1 rings (SSSR count). The normalized spacial score (nSPS) is 12.4. The predicted molar refractivity (Wildman–Crippen MR) is 79.6 cm³/mol.